The van der Waals surface area contributed by atoms with Gasteiger partial charge in [-0.2, -0.15) is 5.26 Å². The molecule has 0 saturated heterocycles. The van der Waals surface area contributed by atoms with Crippen molar-refractivity contribution in [3.8, 4) is 6.07 Å². The highest BCUT2D eigenvalue weighted by Gasteiger charge is 2.20. The van der Waals surface area contributed by atoms with Gasteiger partial charge in [0.1, 0.15) is 5.82 Å². The van der Waals surface area contributed by atoms with Crippen LogP contribution in [0, 0.1) is 11.3 Å². The Hall–Kier alpha value is -2.42. The number of nitriles is 1. The third kappa shape index (κ3) is 4.56. The molecule has 1 aliphatic rings. The number of hydrogen-bond acceptors (Lipinski definition) is 5. The van der Waals surface area contributed by atoms with Crippen LogP contribution in [0.1, 0.15) is 16.7 Å². The number of benzene rings is 1. The molecule has 0 fully saturated rings. The fraction of sp³-hybridized carbons (Fsp3) is 0.400. The van der Waals surface area contributed by atoms with Gasteiger partial charge in [0.25, 0.3) is 0 Å². The van der Waals surface area contributed by atoms with Gasteiger partial charge in [0.15, 0.2) is 0 Å². The second kappa shape index (κ2) is 8.11. The van der Waals surface area contributed by atoms with Gasteiger partial charge >= 0.3 is 0 Å². The van der Waals surface area contributed by atoms with Gasteiger partial charge in [-0.05, 0) is 37.9 Å². The van der Waals surface area contributed by atoms with Crippen molar-refractivity contribution in [3.63, 3.8) is 0 Å². The minimum atomic E-state index is 0.724. The summed E-state index contributed by atoms with van der Waals surface area (Å²) in [6.07, 6.45) is 1.88. The Morgan fingerprint density at radius 1 is 1.20 bits per heavy atom. The lowest BCUT2D eigenvalue weighted by Gasteiger charge is -2.25. The number of pyridine rings is 1. The fourth-order valence-electron chi connectivity index (χ4n) is 3.20. The van der Waals surface area contributed by atoms with Crippen molar-refractivity contribution in [2.24, 2.45) is 0 Å². The lowest BCUT2D eigenvalue weighted by Crippen LogP contribution is -2.36. The first-order chi connectivity index (χ1) is 12.2. The molecular weight excluding hydrogens is 310 g/mol. The molecule has 5 heteroatoms. The van der Waals surface area contributed by atoms with E-state index in [2.05, 4.69) is 52.0 Å². The summed E-state index contributed by atoms with van der Waals surface area (Å²) in [5.74, 6) is 1.11. The van der Waals surface area contributed by atoms with E-state index in [4.69, 9.17) is 5.26 Å². The van der Waals surface area contributed by atoms with Gasteiger partial charge in [-0.25, -0.2) is 4.98 Å². The normalized spacial score (nSPS) is 14.9. The van der Waals surface area contributed by atoms with Crippen LogP contribution in [0.3, 0.4) is 0 Å². The smallest absolute Gasteiger partial charge is 0.133 e. The topological polar surface area (TPSA) is 46.4 Å². The summed E-state index contributed by atoms with van der Waals surface area (Å²) in [5.41, 5.74) is 3.18. The molecule has 0 amide bonds. The van der Waals surface area contributed by atoms with Crippen molar-refractivity contribution in [2.75, 3.05) is 45.2 Å². The monoisotopic (exact) mass is 335 g/mol. The minimum absolute atomic E-state index is 0.724. The van der Waals surface area contributed by atoms with E-state index in [1.807, 2.05) is 30.5 Å². The fourth-order valence-corrected chi connectivity index (χ4v) is 3.20. The Labute approximate surface area is 150 Å². The molecule has 1 aromatic heterocycles. The number of fused-ring (bicyclic) bond motifs is 1. The largest absolute Gasteiger partial charge is 0.354 e. The van der Waals surface area contributed by atoms with Gasteiger partial charge in [-0.1, -0.05) is 18.2 Å². The Morgan fingerprint density at radius 3 is 2.88 bits per heavy atom. The number of aromatic nitrogens is 1. The van der Waals surface area contributed by atoms with Crippen LogP contribution in [0.5, 0.6) is 0 Å². The molecule has 0 atom stereocenters. The van der Waals surface area contributed by atoms with E-state index in [1.165, 1.54) is 11.1 Å². The Kier molecular flexibility index (Phi) is 5.64. The predicted molar refractivity (Wildman–Crippen MR) is 100 cm³/mol. The van der Waals surface area contributed by atoms with Crippen LogP contribution in [0.4, 0.5) is 5.82 Å². The predicted octanol–water partition coefficient (Wildman–Crippen LogP) is 2.34. The molecule has 1 aliphatic heterocycles. The van der Waals surface area contributed by atoms with E-state index in [9.17, 15) is 0 Å². The van der Waals surface area contributed by atoms with Crippen molar-refractivity contribution in [3.05, 3.63) is 59.3 Å². The van der Waals surface area contributed by atoms with Crippen LogP contribution in [-0.2, 0) is 13.1 Å². The molecule has 25 heavy (non-hydrogen) atoms. The molecule has 2 aromatic rings. The first-order valence-electron chi connectivity index (χ1n) is 8.70. The third-order valence-corrected chi connectivity index (χ3v) is 4.53. The lowest BCUT2D eigenvalue weighted by atomic mass is 10.1. The van der Waals surface area contributed by atoms with Crippen molar-refractivity contribution in [1.82, 2.24) is 14.8 Å². The van der Waals surface area contributed by atoms with Gasteiger partial charge in [0, 0.05) is 51.0 Å². The van der Waals surface area contributed by atoms with Crippen molar-refractivity contribution >= 4 is 5.82 Å². The Morgan fingerprint density at radius 2 is 2.08 bits per heavy atom. The Bertz CT molecular complexity index is 750. The first kappa shape index (κ1) is 17.4. The van der Waals surface area contributed by atoms with Crippen LogP contribution in [0.15, 0.2) is 42.6 Å². The number of nitrogens with zero attached hydrogens (tertiary/aromatic N) is 5. The average Bonchev–Trinajstić information content (AvgIpc) is 2.79. The molecule has 2 heterocycles. The van der Waals surface area contributed by atoms with Gasteiger partial charge < -0.3 is 9.80 Å². The highest BCUT2D eigenvalue weighted by molar-refractivity contribution is 5.47. The summed E-state index contributed by atoms with van der Waals surface area (Å²) in [6, 6.07) is 14.3. The van der Waals surface area contributed by atoms with Crippen LogP contribution >= 0.6 is 0 Å². The summed E-state index contributed by atoms with van der Waals surface area (Å²) < 4.78 is 0. The summed E-state index contributed by atoms with van der Waals surface area (Å²) in [5, 5.41) is 9.10. The molecule has 0 spiro atoms. The molecule has 0 N–H and O–H groups in total. The van der Waals surface area contributed by atoms with E-state index < -0.39 is 0 Å². The highest BCUT2D eigenvalue weighted by Crippen LogP contribution is 2.23. The number of rotatable bonds is 5. The second-order valence-corrected chi connectivity index (χ2v) is 6.80. The number of anilines is 1. The number of hydrogen-bond donors (Lipinski definition) is 0. The quantitative estimate of drug-likeness (QED) is 0.839. The zero-order valence-corrected chi connectivity index (χ0v) is 15.0. The molecule has 0 bridgehead atoms. The van der Waals surface area contributed by atoms with Crippen LogP contribution < -0.4 is 4.90 Å². The van der Waals surface area contributed by atoms with Gasteiger partial charge in [-0.3, -0.25) is 4.90 Å². The van der Waals surface area contributed by atoms with Gasteiger partial charge in [0.05, 0.1) is 11.6 Å². The SMILES string of the molecule is CN(C)CCN1CCN(Cc2cccc(C#N)c2)Cc2cccnc21. The minimum Gasteiger partial charge on any atom is -0.354 e. The molecular formula is C20H25N5. The second-order valence-electron chi connectivity index (χ2n) is 6.80. The summed E-state index contributed by atoms with van der Waals surface area (Å²) in [4.78, 5) is 11.7. The zero-order chi connectivity index (χ0) is 17.6. The van der Waals surface area contributed by atoms with E-state index >= 15 is 0 Å². The molecule has 0 saturated carbocycles. The maximum absolute atomic E-state index is 9.10. The summed E-state index contributed by atoms with van der Waals surface area (Å²) in [6.45, 7) is 5.69. The summed E-state index contributed by atoms with van der Waals surface area (Å²) in [7, 11) is 4.21. The standard InChI is InChI=1S/C20H25N5/c1-23(2)9-11-25-12-10-24(16-19-7-4-8-22-20(19)25)15-18-6-3-5-17(13-18)14-21/h3-8,13H,9-12,15-16H2,1-2H3. The van der Waals surface area contributed by atoms with E-state index in [0.717, 1.165) is 50.6 Å². The Balaban J connectivity index is 1.76. The third-order valence-electron chi connectivity index (χ3n) is 4.53. The van der Waals surface area contributed by atoms with Crippen molar-refractivity contribution < 1.29 is 0 Å². The number of likely N-dealkylation sites (N-methyl/N-ethyl adjacent to an activating group) is 1. The van der Waals surface area contributed by atoms with Crippen molar-refractivity contribution in [1.29, 1.82) is 5.26 Å². The average molecular weight is 335 g/mol. The molecule has 0 unspecified atom stereocenters. The maximum atomic E-state index is 9.10. The van der Waals surface area contributed by atoms with E-state index in [-0.39, 0.29) is 0 Å². The maximum Gasteiger partial charge on any atom is 0.133 e. The van der Waals surface area contributed by atoms with E-state index in [1.54, 1.807) is 0 Å². The summed E-state index contributed by atoms with van der Waals surface area (Å²) >= 11 is 0. The molecule has 0 aliphatic carbocycles. The van der Waals surface area contributed by atoms with E-state index in [0.29, 0.717) is 0 Å². The first-order valence-corrected chi connectivity index (χ1v) is 8.70. The molecule has 0 radical (unpaired) electrons. The molecule has 5 nitrogen and oxygen atoms in total. The zero-order valence-electron chi connectivity index (χ0n) is 15.0. The van der Waals surface area contributed by atoms with Crippen LogP contribution in [0.25, 0.3) is 0 Å². The van der Waals surface area contributed by atoms with Crippen LogP contribution in [-0.4, -0.2) is 55.1 Å². The molecule has 1 aromatic carbocycles. The van der Waals surface area contributed by atoms with Gasteiger partial charge in [0.2, 0.25) is 0 Å². The van der Waals surface area contributed by atoms with Gasteiger partial charge in [-0.15, -0.1) is 0 Å². The van der Waals surface area contributed by atoms with Crippen molar-refractivity contribution in [2.45, 2.75) is 13.1 Å². The molecule has 130 valence electrons. The lowest BCUT2D eigenvalue weighted by molar-refractivity contribution is 0.268. The molecule has 3 rings (SSSR count). The highest BCUT2D eigenvalue weighted by atomic mass is 15.3. The van der Waals surface area contributed by atoms with Crippen LogP contribution in [0.2, 0.25) is 0 Å².